The summed E-state index contributed by atoms with van der Waals surface area (Å²) >= 11 is 1.34. The van der Waals surface area contributed by atoms with Gasteiger partial charge in [-0.1, -0.05) is 54.2 Å². The second kappa shape index (κ2) is 8.67. The molecule has 0 fully saturated rings. The van der Waals surface area contributed by atoms with Gasteiger partial charge < -0.3 is 4.74 Å². The number of benzene rings is 2. The lowest BCUT2D eigenvalue weighted by Gasteiger charge is -2.11. The van der Waals surface area contributed by atoms with E-state index in [1.54, 1.807) is 6.92 Å². The minimum absolute atomic E-state index is 0.211. The Kier molecular flexibility index (Phi) is 6.07. The molecule has 0 aliphatic carbocycles. The summed E-state index contributed by atoms with van der Waals surface area (Å²) in [6.45, 7) is 4.23. The van der Waals surface area contributed by atoms with Crippen molar-refractivity contribution in [3.05, 3.63) is 71.5 Å². The fourth-order valence-electron chi connectivity index (χ4n) is 2.64. The molecule has 0 radical (unpaired) electrons. The highest BCUT2D eigenvalue weighted by Crippen LogP contribution is 2.24. The second-order valence-corrected chi connectivity index (χ2v) is 6.77. The Morgan fingerprint density at radius 1 is 1.12 bits per heavy atom. The number of aromatic nitrogens is 3. The molecule has 2 aromatic carbocycles. The first kappa shape index (κ1) is 18.2. The van der Waals surface area contributed by atoms with Gasteiger partial charge in [-0.25, -0.2) is 0 Å². The number of thioether (sulfide) groups is 1. The lowest BCUT2D eigenvalue weighted by Crippen LogP contribution is -2.08. The average molecular weight is 367 g/mol. The van der Waals surface area contributed by atoms with Crippen molar-refractivity contribution in [2.24, 2.45) is 0 Å². The zero-order chi connectivity index (χ0) is 18.4. The summed E-state index contributed by atoms with van der Waals surface area (Å²) < 4.78 is 7.03. The molecule has 0 saturated heterocycles. The molecular formula is C20H21N3O2S. The van der Waals surface area contributed by atoms with Gasteiger partial charge in [0, 0.05) is 12.1 Å². The maximum atomic E-state index is 11.7. The van der Waals surface area contributed by atoms with Gasteiger partial charge in [-0.15, -0.1) is 10.2 Å². The summed E-state index contributed by atoms with van der Waals surface area (Å²) in [7, 11) is 0. The third-order valence-corrected chi connectivity index (χ3v) is 4.69. The molecule has 0 unspecified atom stereocenters. The molecule has 0 N–H and O–H groups in total. The van der Waals surface area contributed by atoms with Gasteiger partial charge in [0.15, 0.2) is 5.16 Å². The zero-order valence-corrected chi connectivity index (χ0v) is 15.7. The van der Waals surface area contributed by atoms with Crippen molar-refractivity contribution >= 4 is 17.7 Å². The van der Waals surface area contributed by atoms with E-state index < -0.39 is 0 Å². The highest BCUT2D eigenvalue weighted by molar-refractivity contribution is 7.99. The van der Waals surface area contributed by atoms with Crippen LogP contribution in [0.1, 0.15) is 23.9 Å². The van der Waals surface area contributed by atoms with Crippen LogP contribution in [0.4, 0.5) is 0 Å². The number of aryl methyl sites for hydroxylation is 1. The average Bonchev–Trinajstić information content (AvgIpc) is 3.03. The van der Waals surface area contributed by atoms with Crippen LogP contribution in [0.3, 0.4) is 0 Å². The highest BCUT2D eigenvalue weighted by Gasteiger charge is 2.16. The third-order valence-electron chi connectivity index (χ3n) is 3.79. The van der Waals surface area contributed by atoms with E-state index in [0.717, 1.165) is 22.6 Å². The molecule has 134 valence electrons. The number of hydrogen-bond acceptors (Lipinski definition) is 5. The maximum absolute atomic E-state index is 11.7. The SMILES string of the molecule is CCOC(=O)CSc1nnc(Cc2ccccc2)n1-c1cccc(C)c1. The van der Waals surface area contributed by atoms with Gasteiger partial charge in [0.05, 0.1) is 12.4 Å². The van der Waals surface area contributed by atoms with Crippen molar-refractivity contribution in [1.82, 2.24) is 14.8 Å². The standard InChI is InChI=1S/C20H21N3O2S/c1-3-25-19(24)14-26-20-22-21-18(13-16-9-5-4-6-10-16)23(20)17-11-7-8-15(2)12-17/h4-12H,3,13-14H2,1-2H3. The summed E-state index contributed by atoms with van der Waals surface area (Å²) in [6.07, 6.45) is 0.668. The Hall–Kier alpha value is -2.60. The Balaban J connectivity index is 1.93. The van der Waals surface area contributed by atoms with Crippen molar-refractivity contribution in [2.75, 3.05) is 12.4 Å². The first-order valence-corrected chi connectivity index (χ1v) is 9.49. The van der Waals surface area contributed by atoms with Crippen molar-refractivity contribution in [3.63, 3.8) is 0 Å². The van der Waals surface area contributed by atoms with E-state index in [1.807, 2.05) is 34.9 Å². The van der Waals surface area contributed by atoms with Crippen molar-refractivity contribution in [1.29, 1.82) is 0 Å². The Labute approximate surface area is 157 Å². The maximum Gasteiger partial charge on any atom is 0.316 e. The number of esters is 1. The van der Waals surface area contributed by atoms with Crippen LogP contribution < -0.4 is 0 Å². The molecular weight excluding hydrogens is 346 g/mol. The van der Waals surface area contributed by atoms with Crippen LogP contribution in [0.15, 0.2) is 59.8 Å². The van der Waals surface area contributed by atoms with E-state index >= 15 is 0 Å². The van der Waals surface area contributed by atoms with Crippen LogP contribution in [0.25, 0.3) is 5.69 Å². The van der Waals surface area contributed by atoms with Gasteiger partial charge in [-0.2, -0.15) is 0 Å². The van der Waals surface area contributed by atoms with Crippen LogP contribution in [-0.4, -0.2) is 33.1 Å². The third kappa shape index (κ3) is 4.52. The number of rotatable bonds is 7. The predicted octanol–water partition coefficient (Wildman–Crippen LogP) is 3.82. The fourth-order valence-corrected chi connectivity index (χ4v) is 3.41. The molecule has 5 nitrogen and oxygen atoms in total. The van der Waals surface area contributed by atoms with Crippen molar-refractivity contribution < 1.29 is 9.53 Å². The van der Waals surface area contributed by atoms with Crippen LogP contribution in [-0.2, 0) is 16.0 Å². The number of nitrogens with zero attached hydrogens (tertiary/aromatic N) is 3. The molecule has 1 aromatic heterocycles. The number of hydrogen-bond donors (Lipinski definition) is 0. The number of ether oxygens (including phenoxy) is 1. The van der Waals surface area contributed by atoms with Gasteiger partial charge in [0.25, 0.3) is 0 Å². The van der Waals surface area contributed by atoms with Crippen molar-refractivity contribution in [2.45, 2.75) is 25.4 Å². The molecule has 0 bridgehead atoms. The monoisotopic (exact) mass is 367 g/mol. The predicted molar refractivity (Wildman–Crippen MR) is 103 cm³/mol. The molecule has 26 heavy (non-hydrogen) atoms. The summed E-state index contributed by atoms with van der Waals surface area (Å²) in [6, 6.07) is 18.3. The van der Waals surface area contributed by atoms with Crippen LogP contribution in [0.2, 0.25) is 0 Å². The molecule has 3 aromatic rings. The Morgan fingerprint density at radius 3 is 2.65 bits per heavy atom. The normalized spacial score (nSPS) is 10.7. The lowest BCUT2D eigenvalue weighted by molar-refractivity contribution is -0.139. The smallest absolute Gasteiger partial charge is 0.316 e. The zero-order valence-electron chi connectivity index (χ0n) is 14.9. The van der Waals surface area contributed by atoms with E-state index in [4.69, 9.17) is 4.74 Å². The minimum atomic E-state index is -0.249. The van der Waals surface area contributed by atoms with Crippen LogP contribution >= 0.6 is 11.8 Å². The first-order chi connectivity index (χ1) is 12.7. The second-order valence-electron chi connectivity index (χ2n) is 5.83. The Bertz CT molecular complexity index is 878. The molecule has 0 spiro atoms. The van der Waals surface area contributed by atoms with Gasteiger partial charge in [0.2, 0.25) is 0 Å². The van der Waals surface area contributed by atoms with Crippen molar-refractivity contribution in [3.8, 4) is 5.69 Å². The summed E-state index contributed by atoms with van der Waals surface area (Å²) in [5, 5.41) is 9.39. The lowest BCUT2D eigenvalue weighted by atomic mass is 10.1. The van der Waals surface area contributed by atoms with Gasteiger partial charge in [-0.3, -0.25) is 9.36 Å². The summed E-state index contributed by atoms with van der Waals surface area (Å²) in [5.41, 5.74) is 3.31. The molecule has 0 amide bonds. The first-order valence-electron chi connectivity index (χ1n) is 8.51. The minimum Gasteiger partial charge on any atom is -0.465 e. The largest absolute Gasteiger partial charge is 0.465 e. The molecule has 0 aliphatic heterocycles. The van der Waals surface area contributed by atoms with Gasteiger partial charge in [0.1, 0.15) is 5.82 Å². The summed E-state index contributed by atoms with van der Waals surface area (Å²) in [4.78, 5) is 11.7. The Morgan fingerprint density at radius 2 is 1.92 bits per heavy atom. The van der Waals surface area contributed by atoms with Gasteiger partial charge >= 0.3 is 5.97 Å². The van der Waals surface area contributed by atoms with E-state index in [9.17, 15) is 4.79 Å². The van der Waals surface area contributed by atoms with E-state index in [0.29, 0.717) is 18.2 Å². The molecule has 0 saturated carbocycles. The van der Waals surface area contributed by atoms with E-state index in [2.05, 4.69) is 41.4 Å². The van der Waals surface area contributed by atoms with Crippen LogP contribution in [0, 0.1) is 6.92 Å². The van der Waals surface area contributed by atoms with Gasteiger partial charge in [-0.05, 0) is 37.1 Å². The highest BCUT2D eigenvalue weighted by atomic mass is 32.2. The molecule has 6 heteroatoms. The molecule has 1 heterocycles. The van der Waals surface area contributed by atoms with E-state index in [1.165, 1.54) is 11.8 Å². The quantitative estimate of drug-likeness (QED) is 0.469. The number of carbonyl (C=O) groups excluding carboxylic acids is 1. The van der Waals surface area contributed by atoms with E-state index in [-0.39, 0.29) is 11.7 Å². The fraction of sp³-hybridized carbons (Fsp3) is 0.250. The molecule has 0 aliphatic rings. The summed E-state index contributed by atoms with van der Waals surface area (Å²) in [5.74, 6) is 0.803. The topological polar surface area (TPSA) is 57.0 Å². The molecule has 0 atom stereocenters. The number of carbonyl (C=O) groups is 1. The molecule has 3 rings (SSSR count). The van der Waals surface area contributed by atoms with Crippen LogP contribution in [0.5, 0.6) is 0 Å².